The van der Waals surface area contributed by atoms with Gasteiger partial charge in [0.15, 0.2) is 0 Å². The summed E-state index contributed by atoms with van der Waals surface area (Å²) in [6, 6.07) is 15.9. The number of hydrogen-bond donors (Lipinski definition) is 1. The molecule has 0 radical (unpaired) electrons. The molecule has 5 heteroatoms. The highest BCUT2D eigenvalue weighted by molar-refractivity contribution is 6.25. The molecule has 0 spiro atoms. The van der Waals surface area contributed by atoms with Gasteiger partial charge in [-0.25, -0.2) is 4.42 Å². The van der Waals surface area contributed by atoms with E-state index in [9.17, 15) is 4.79 Å². The summed E-state index contributed by atoms with van der Waals surface area (Å²) in [6.07, 6.45) is 0.707. The highest BCUT2D eigenvalue weighted by Crippen LogP contribution is 2.28. The Kier molecular flexibility index (Phi) is 6.14. The number of benzene rings is 2. The van der Waals surface area contributed by atoms with Crippen LogP contribution in [0.25, 0.3) is 0 Å². The highest BCUT2D eigenvalue weighted by Gasteiger charge is 2.28. The molecule has 128 valence electrons. The van der Waals surface area contributed by atoms with Crippen LogP contribution < -0.4 is 5.32 Å². The Labute approximate surface area is 153 Å². The Bertz CT molecular complexity index is 696. The Hall–Kier alpha value is -1.71. The van der Waals surface area contributed by atoms with Crippen LogP contribution in [0.4, 0.5) is 5.69 Å². The minimum Gasteiger partial charge on any atom is -0.371 e. The van der Waals surface area contributed by atoms with Gasteiger partial charge in [-0.1, -0.05) is 42.5 Å². The van der Waals surface area contributed by atoms with E-state index in [1.165, 1.54) is 9.98 Å². The fourth-order valence-corrected chi connectivity index (χ4v) is 2.65. The summed E-state index contributed by atoms with van der Waals surface area (Å²) >= 11 is 12.1. The van der Waals surface area contributed by atoms with Crippen LogP contribution in [0.3, 0.4) is 0 Å². The lowest BCUT2D eigenvalue weighted by Gasteiger charge is -2.29. The predicted octanol–water partition coefficient (Wildman–Crippen LogP) is 5.28. The Morgan fingerprint density at radius 1 is 1.08 bits per heavy atom. The van der Waals surface area contributed by atoms with Crippen molar-refractivity contribution in [1.82, 2.24) is 4.42 Å². The van der Waals surface area contributed by atoms with Gasteiger partial charge in [0.2, 0.25) is 0 Å². The molecular weight excluding hydrogens is 343 g/mol. The molecule has 0 saturated heterocycles. The van der Waals surface area contributed by atoms with Gasteiger partial charge in [-0.05, 0) is 44.4 Å². The number of alkyl halides is 1. The van der Waals surface area contributed by atoms with E-state index in [-0.39, 0.29) is 11.9 Å². The standard InChI is InChI=1S/C19H22Cl2N2O/c1-19(2,3)23(21)18(24)16-11-7-10-15(17(16)22-13-20)12-14-8-5-4-6-9-14/h4-11,22H,12-13H2,1-3H3. The van der Waals surface area contributed by atoms with E-state index in [1.807, 2.05) is 51.1 Å². The van der Waals surface area contributed by atoms with Crippen molar-refractivity contribution in [3.8, 4) is 0 Å². The van der Waals surface area contributed by atoms with Crippen LogP contribution >= 0.6 is 23.4 Å². The van der Waals surface area contributed by atoms with E-state index in [4.69, 9.17) is 23.4 Å². The molecule has 0 unspecified atom stereocenters. The lowest BCUT2D eigenvalue weighted by atomic mass is 9.99. The van der Waals surface area contributed by atoms with Crippen molar-refractivity contribution >= 4 is 35.0 Å². The molecule has 0 aromatic heterocycles. The van der Waals surface area contributed by atoms with E-state index in [0.717, 1.165) is 11.3 Å². The third kappa shape index (κ3) is 4.43. The second kappa shape index (κ2) is 7.91. The van der Waals surface area contributed by atoms with Crippen molar-refractivity contribution in [2.45, 2.75) is 32.7 Å². The van der Waals surface area contributed by atoms with Gasteiger partial charge in [0.25, 0.3) is 5.91 Å². The molecule has 0 atom stereocenters. The van der Waals surface area contributed by atoms with E-state index < -0.39 is 5.54 Å². The van der Waals surface area contributed by atoms with Crippen molar-refractivity contribution in [1.29, 1.82) is 0 Å². The van der Waals surface area contributed by atoms with Crippen molar-refractivity contribution in [3.05, 3.63) is 65.2 Å². The van der Waals surface area contributed by atoms with Gasteiger partial charge in [0.05, 0.1) is 22.8 Å². The number of halogens is 2. The maximum Gasteiger partial charge on any atom is 0.270 e. The van der Waals surface area contributed by atoms with Crippen LogP contribution in [-0.4, -0.2) is 21.9 Å². The van der Waals surface area contributed by atoms with Crippen molar-refractivity contribution < 1.29 is 4.79 Å². The molecule has 2 aromatic rings. The third-order valence-electron chi connectivity index (χ3n) is 3.63. The van der Waals surface area contributed by atoms with Crippen LogP contribution in [0.2, 0.25) is 0 Å². The summed E-state index contributed by atoms with van der Waals surface area (Å²) in [5, 5.41) is 3.11. The summed E-state index contributed by atoms with van der Waals surface area (Å²) < 4.78 is 1.23. The van der Waals surface area contributed by atoms with Crippen molar-refractivity contribution in [3.63, 3.8) is 0 Å². The van der Waals surface area contributed by atoms with Gasteiger partial charge < -0.3 is 5.32 Å². The molecular formula is C19H22Cl2N2O. The number of carbonyl (C=O) groups is 1. The lowest BCUT2D eigenvalue weighted by molar-refractivity contribution is 0.0778. The molecule has 1 N–H and O–H groups in total. The van der Waals surface area contributed by atoms with Gasteiger partial charge in [-0.2, -0.15) is 0 Å². The van der Waals surface area contributed by atoms with E-state index >= 15 is 0 Å². The quantitative estimate of drug-likeness (QED) is 0.444. The zero-order chi connectivity index (χ0) is 17.7. The summed E-state index contributed by atoms with van der Waals surface area (Å²) in [7, 11) is 0. The normalized spacial score (nSPS) is 11.2. The number of para-hydroxylation sites is 1. The van der Waals surface area contributed by atoms with Gasteiger partial charge in [-0.3, -0.25) is 4.79 Å². The van der Waals surface area contributed by atoms with Crippen LogP contribution in [-0.2, 0) is 6.42 Å². The topological polar surface area (TPSA) is 32.3 Å². The first-order valence-electron chi connectivity index (χ1n) is 7.80. The summed E-state index contributed by atoms with van der Waals surface area (Å²) in [6.45, 7) is 5.67. The largest absolute Gasteiger partial charge is 0.371 e. The van der Waals surface area contributed by atoms with E-state index in [1.54, 1.807) is 6.07 Å². The maximum absolute atomic E-state index is 12.8. The third-order valence-corrected chi connectivity index (χ3v) is 4.42. The zero-order valence-corrected chi connectivity index (χ0v) is 15.7. The Morgan fingerprint density at radius 3 is 2.33 bits per heavy atom. The highest BCUT2D eigenvalue weighted by atomic mass is 35.5. The van der Waals surface area contributed by atoms with Crippen LogP contribution in [0, 0.1) is 0 Å². The SMILES string of the molecule is CC(C)(C)N(Cl)C(=O)c1cccc(Cc2ccccc2)c1NCCl. The van der Waals surface area contributed by atoms with Crippen LogP contribution in [0.15, 0.2) is 48.5 Å². The Balaban J connectivity index is 2.42. The van der Waals surface area contributed by atoms with E-state index in [0.29, 0.717) is 12.0 Å². The van der Waals surface area contributed by atoms with E-state index in [2.05, 4.69) is 17.4 Å². The molecule has 0 saturated carbocycles. The first-order valence-corrected chi connectivity index (χ1v) is 8.68. The summed E-state index contributed by atoms with van der Waals surface area (Å²) in [5.41, 5.74) is 2.95. The molecule has 0 aliphatic heterocycles. The molecule has 1 amide bonds. The molecule has 0 fully saturated rings. The minimum absolute atomic E-state index is 0.212. The first-order chi connectivity index (χ1) is 11.3. The first kappa shape index (κ1) is 18.6. The van der Waals surface area contributed by atoms with Gasteiger partial charge in [0, 0.05) is 11.8 Å². The zero-order valence-electron chi connectivity index (χ0n) is 14.1. The molecule has 3 nitrogen and oxygen atoms in total. The number of nitrogens with zero attached hydrogens (tertiary/aromatic N) is 1. The molecule has 24 heavy (non-hydrogen) atoms. The number of carbonyl (C=O) groups excluding carboxylic acids is 1. The summed E-state index contributed by atoms with van der Waals surface area (Å²) in [4.78, 5) is 12.8. The molecule has 2 rings (SSSR count). The van der Waals surface area contributed by atoms with Crippen molar-refractivity contribution in [2.75, 3.05) is 11.3 Å². The molecule has 0 heterocycles. The number of anilines is 1. The molecule has 2 aromatic carbocycles. The molecule has 0 aliphatic carbocycles. The van der Waals surface area contributed by atoms with Crippen LogP contribution in [0.5, 0.6) is 0 Å². The maximum atomic E-state index is 12.8. The van der Waals surface area contributed by atoms with Crippen molar-refractivity contribution in [2.24, 2.45) is 0 Å². The predicted molar refractivity (Wildman–Crippen MR) is 102 cm³/mol. The fraction of sp³-hybridized carbons (Fsp3) is 0.316. The average Bonchev–Trinajstić information content (AvgIpc) is 2.55. The number of rotatable bonds is 5. The van der Waals surface area contributed by atoms with Gasteiger partial charge in [0.1, 0.15) is 0 Å². The smallest absolute Gasteiger partial charge is 0.270 e. The number of hydrogen-bond acceptors (Lipinski definition) is 2. The molecule has 0 bridgehead atoms. The second-order valence-electron chi connectivity index (χ2n) is 6.57. The minimum atomic E-state index is -0.480. The lowest BCUT2D eigenvalue weighted by Crippen LogP contribution is -2.38. The van der Waals surface area contributed by atoms with Crippen LogP contribution in [0.1, 0.15) is 42.3 Å². The number of nitrogens with one attached hydrogen (secondary N) is 1. The van der Waals surface area contributed by atoms with Gasteiger partial charge >= 0.3 is 0 Å². The fourth-order valence-electron chi connectivity index (χ4n) is 2.43. The van der Waals surface area contributed by atoms with Gasteiger partial charge in [-0.15, -0.1) is 11.6 Å². The number of amides is 1. The second-order valence-corrected chi connectivity index (χ2v) is 7.17. The summed E-state index contributed by atoms with van der Waals surface area (Å²) in [5.74, 6) is -0.244. The monoisotopic (exact) mass is 364 g/mol. The Morgan fingerprint density at radius 2 is 1.75 bits per heavy atom. The average molecular weight is 365 g/mol. The molecule has 0 aliphatic rings.